The van der Waals surface area contributed by atoms with Gasteiger partial charge in [-0.05, 0) is 42.5 Å². The van der Waals surface area contributed by atoms with E-state index in [0.717, 1.165) is 35.1 Å². The molecule has 0 saturated heterocycles. The molecule has 17 heavy (non-hydrogen) atoms. The fourth-order valence-electron chi connectivity index (χ4n) is 2.12. The molecule has 0 heterocycles. The van der Waals surface area contributed by atoms with Crippen LogP contribution >= 0.6 is 27.5 Å². The molecule has 1 aliphatic carbocycles. The lowest BCUT2D eigenvalue weighted by Gasteiger charge is -2.05. The second kappa shape index (κ2) is 6.19. The summed E-state index contributed by atoms with van der Waals surface area (Å²) in [5, 5.41) is 4.28. The van der Waals surface area contributed by atoms with Crippen molar-refractivity contribution in [2.75, 3.05) is 26.8 Å². The molecule has 0 aromatic heterocycles. The Hall–Kier alpha value is -0.0900. The lowest BCUT2D eigenvalue weighted by molar-refractivity contribution is 0.199. The van der Waals surface area contributed by atoms with Gasteiger partial charge in [0.2, 0.25) is 0 Å². The lowest BCUT2D eigenvalue weighted by atomic mass is 10.1. The van der Waals surface area contributed by atoms with Crippen LogP contribution in [0.5, 0.6) is 0 Å². The first kappa shape index (κ1) is 13.3. The minimum absolute atomic E-state index is 0.630. The van der Waals surface area contributed by atoms with E-state index in [-0.39, 0.29) is 0 Å². The first-order valence-electron chi connectivity index (χ1n) is 5.87. The summed E-state index contributed by atoms with van der Waals surface area (Å²) in [5.41, 5.74) is 1.29. The molecule has 94 valence electrons. The third-order valence-electron chi connectivity index (χ3n) is 3.17. The summed E-state index contributed by atoms with van der Waals surface area (Å²) in [6.45, 7) is 2.75. The lowest BCUT2D eigenvalue weighted by Crippen LogP contribution is -2.21. The van der Waals surface area contributed by atoms with E-state index >= 15 is 0 Å². The number of hydrogen-bond acceptors (Lipinski definition) is 2. The normalized spacial score (nSPS) is 22.8. The Labute approximate surface area is 116 Å². The van der Waals surface area contributed by atoms with Gasteiger partial charge in [0.15, 0.2) is 0 Å². The summed E-state index contributed by atoms with van der Waals surface area (Å²) < 4.78 is 6.04. The number of halogens is 2. The molecule has 1 fully saturated rings. The van der Waals surface area contributed by atoms with Crippen molar-refractivity contribution in [1.29, 1.82) is 0 Å². The van der Waals surface area contributed by atoms with Crippen molar-refractivity contribution in [3.63, 3.8) is 0 Å². The Balaban J connectivity index is 1.81. The molecule has 0 aliphatic heterocycles. The van der Waals surface area contributed by atoms with Crippen molar-refractivity contribution in [1.82, 2.24) is 5.32 Å². The Kier molecular flexibility index (Phi) is 4.86. The average molecular weight is 319 g/mol. The molecule has 1 aromatic carbocycles. The van der Waals surface area contributed by atoms with Gasteiger partial charge in [-0.25, -0.2) is 0 Å². The highest BCUT2D eigenvalue weighted by atomic mass is 79.9. The zero-order chi connectivity index (χ0) is 12.3. The van der Waals surface area contributed by atoms with Crippen LogP contribution in [0.15, 0.2) is 22.7 Å². The highest BCUT2D eigenvalue weighted by molar-refractivity contribution is 9.10. The van der Waals surface area contributed by atoms with E-state index in [0.29, 0.717) is 5.92 Å². The highest BCUT2D eigenvalue weighted by Gasteiger charge is 2.38. The number of methoxy groups -OCH3 is 1. The molecule has 0 amide bonds. The van der Waals surface area contributed by atoms with Crippen LogP contribution in [0.3, 0.4) is 0 Å². The Morgan fingerprint density at radius 3 is 3.06 bits per heavy atom. The quantitative estimate of drug-likeness (QED) is 0.811. The Bertz CT molecular complexity index is 386. The van der Waals surface area contributed by atoms with Crippen LogP contribution in [0.2, 0.25) is 5.02 Å². The van der Waals surface area contributed by atoms with E-state index in [1.807, 2.05) is 6.07 Å². The summed E-state index contributed by atoms with van der Waals surface area (Å²) in [6, 6.07) is 6.17. The summed E-state index contributed by atoms with van der Waals surface area (Å²) in [6.07, 6.45) is 1.24. The molecule has 1 saturated carbocycles. The summed E-state index contributed by atoms with van der Waals surface area (Å²) >= 11 is 9.67. The molecular formula is C13H17BrClNO. The van der Waals surface area contributed by atoms with Gasteiger partial charge in [-0.1, -0.05) is 33.6 Å². The third-order valence-corrected chi connectivity index (χ3v) is 3.99. The van der Waals surface area contributed by atoms with Crippen LogP contribution in [-0.4, -0.2) is 26.8 Å². The topological polar surface area (TPSA) is 21.3 Å². The minimum Gasteiger partial charge on any atom is -0.383 e. The average Bonchev–Trinajstić information content (AvgIpc) is 3.04. The zero-order valence-electron chi connectivity index (χ0n) is 9.88. The second-order valence-electron chi connectivity index (χ2n) is 4.47. The first-order valence-corrected chi connectivity index (χ1v) is 7.04. The number of ether oxygens (including phenoxy) is 1. The van der Waals surface area contributed by atoms with Gasteiger partial charge >= 0.3 is 0 Å². The largest absolute Gasteiger partial charge is 0.383 e. The molecule has 1 aliphatic rings. The molecule has 2 unspecified atom stereocenters. The Morgan fingerprint density at radius 2 is 2.35 bits per heavy atom. The van der Waals surface area contributed by atoms with Crippen LogP contribution in [0.25, 0.3) is 0 Å². The highest BCUT2D eigenvalue weighted by Crippen LogP contribution is 2.49. The maximum absolute atomic E-state index is 6.24. The zero-order valence-corrected chi connectivity index (χ0v) is 12.2. The molecule has 1 aromatic rings. The van der Waals surface area contributed by atoms with Gasteiger partial charge in [-0.3, -0.25) is 0 Å². The number of rotatable bonds is 6. The molecule has 2 nitrogen and oxygen atoms in total. The van der Waals surface area contributed by atoms with Gasteiger partial charge < -0.3 is 10.1 Å². The van der Waals surface area contributed by atoms with Crippen molar-refractivity contribution in [3.05, 3.63) is 33.3 Å². The fraction of sp³-hybridized carbons (Fsp3) is 0.538. The maximum atomic E-state index is 6.24. The SMILES string of the molecule is COCCNCC1CC1c1ccc(Br)cc1Cl. The summed E-state index contributed by atoms with van der Waals surface area (Å²) in [7, 11) is 1.73. The van der Waals surface area contributed by atoms with Crippen molar-refractivity contribution in [2.24, 2.45) is 5.92 Å². The van der Waals surface area contributed by atoms with Gasteiger partial charge in [0, 0.05) is 23.1 Å². The van der Waals surface area contributed by atoms with E-state index < -0.39 is 0 Å². The summed E-state index contributed by atoms with van der Waals surface area (Å²) in [4.78, 5) is 0. The van der Waals surface area contributed by atoms with Gasteiger partial charge in [-0.15, -0.1) is 0 Å². The van der Waals surface area contributed by atoms with Crippen LogP contribution in [0.1, 0.15) is 17.9 Å². The minimum atomic E-state index is 0.630. The van der Waals surface area contributed by atoms with Crippen LogP contribution < -0.4 is 5.32 Å². The predicted octanol–water partition coefficient (Wildman–Crippen LogP) is 3.44. The van der Waals surface area contributed by atoms with E-state index in [9.17, 15) is 0 Å². The van der Waals surface area contributed by atoms with E-state index in [4.69, 9.17) is 16.3 Å². The summed E-state index contributed by atoms with van der Waals surface area (Å²) in [5.74, 6) is 1.36. The van der Waals surface area contributed by atoms with Crippen molar-refractivity contribution in [3.8, 4) is 0 Å². The van der Waals surface area contributed by atoms with Gasteiger partial charge in [0.05, 0.1) is 6.61 Å². The maximum Gasteiger partial charge on any atom is 0.0587 e. The second-order valence-corrected chi connectivity index (χ2v) is 5.79. The molecule has 2 rings (SSSR count). The van der Waals surface area contributed by atoms with Gasteiger partial charge in [0.25, 0.3) is 0 Å². The molecule has 0 radical (unpaired) electrons. The monoisotopic (exact) mass is 317 g/mol. The standard InChI is InChI=1S/C13H17BrClNO/c1-17-5-4-16-8-9-6-12(9)11-3-2-10(14)7-13(11)15/h2-3,7,9,12,16H,4-6,8H2,1H3. The fourth-order valence-corrected chi connectivity index (χ4v) is 2.93. The molecular weight excluding hydrogens is 302 g/mol. The van der Waals surface area contributed by atoms with E-state index in [1.54, 1.807) is 7.11 Å². The smallest absolute Gasteiger partial charge is 0.0587 e. The number of nitrogens with one attached hydrogen (secondary N) is 1. The van der Waals surface area contributed by atoms with Crippen molar-refractivity contribution >= 4 is 27.5 Å². The van der Waals surface area contributed by atoms with Crippen LogP contribution in [0.4, 0.5) is 0 Å². The van der Waals surface area contributed by atoms with Gasteiger partial charge in [0.1, 0.15) is 0 Å². The van der Waals surface area contributed by atoms with E-state index in [1.165, 1.54) is 12.0 Å². The molecule has 0 bridgehead atoms. The Morgan fingerprint density at radius 1 is 1.53 bits per heavy atom. The van der Waals surface area contributed by atoms with Crippen molar-refractivity contribution < 1.29 is 4.74 Å². The van der Waals surface area contributed by atoms with E-state index in [2.05, 4.69) is 33.4 Å². The number of benzene rings is 1. The first-order chi connectivity index (χ1) is 8.22. The number of hydrogen-bond donors (Lipinski definition) is 1. The molecule has 0 spiro atoms. The molecule has 1 N–H and O–H groups in total. The van der Waals surface area contributed by atoms with Gasteiger partial charge in [-0.2, -0.15) is 0 Å². The molecule has 2 atom stereocenters. The predicted molar refractivity (Wildman–Crippen MR) is 74.7 cm³/mol. The van der Waals surface area contributed by atoms with Crippen LogP contribution in [0, 0.1) is 5.92 Å². The third kappa shape index (κ3) is 3.68. The molecule has 4 heteroatoms. The van der Waals surface area contributed by atoms with Crippen molar-refractivity contribution in [2.45, 2.75) is 12.3 Å². The van der Waals surface area contributed by atoms with Crippen LogP contribution in [-0.2, 0) is 4.74 Å².